The molecule has 1 unspecified atom stereocenters. The minimum Gasteiger partial charge on any atom is -0.357 e. The molecule has 3 fully saturated rings. The zero-order valence-corrected chi connectivity index (χ0v) is 17.1. The molecular formula is C18H35IN4. The fraction of sp³-hybridized carbons (Fsp3) is 0.944. The highest BCUT2D eigenvalue weighted by Crippen LogP contribution is 2.32. The largest absolute Gasteiger partial charge is 0.357 e. The second-order valence-corrected chi connectivity index (χ2v) is 7.43. The summed E-state index contributed by atoms with van der Waals surface area (Å²) < 4.78 is 0. The maximum Gasteiger partial charge on any atom is 0.193 e. The molecular weight excluding hydrogens is 399 g/mol. The molecule has 3 aliphatic rings. The third kappa shape index (κ3) is 6.40. The van der Waals surface area contributed by atoms with Crippen LogP contribution in [0.4, 0.5) is 0 Å². The van der Waals surface area contributed by atoms with Gasteiger partial charge in [-0.05, 0) is 57.5 Å². The lowest BCUT2D eigenvalue weighted by molar-refractivity contribution is 0.198. The van der Waals surface area contributed by atoms with Gasteiger partial charge in [0.05, 0.1) is 0 Å². The molecule has 1 aliphatic carbocycles. The summed E-state index contributed by atoms with van der Waals surface area (Å²) in [6.07, 6.45) is 9.75. The van der Waals surface area contributed by atoms with E-state index in [1.54, 1.807) is 0 Å². The second-order valence-electron chi connectivity index (χ2n) is 7.43. The van der Waals surface area contributed by atoms with Crippen LogP contribution in [0.5, 0.6) is 0 Å². The Labute approximate surface area is 159 Å². The van der Waals surface area contributed by atoms with Gasteiger partial charge < -0.3 is 15.1 Å². The number of rotatable bonds is 6. The van der Waals surface area contributed by atoms with Crippen molar-refractivity contribution in [3.63, 3.8) is 0 Å². The number of nitrogens with one attached hydrogen (secondary N) is 1. The molecule has 4 nitrogen and oxygen atoms in total. The Hall–Kier alpha value is -0.0400. The van der Waals surface area contributed by atoms with Gasteiger partial charge in [0, 0.05) is 32.7 Å². The lowest BCUT2D eigenvalue weighted by Crippen LogP contribution is -2.41. The van der Waals surface area contributed by atoms with Crippen molar-refractivity contribution in [2.75, 3.05) is 45.8 Å². The monoisotopic (exact) mass is 434 g/mol. The molecule has 3 rings (SSSR count). The highest BCUT2D eigenvalue weighted by atomic mass is 127. The number of likely N-dealkylation sites (tertiary alicyclic amines) is 2. The first-order chi connectivity index (χ1) is 10.8. The van der Waals surface area contributed by atoms with Gasteiger partial charge in [0.15, 0.2) is 5.96 Å². The van der Waals surface area contributed by atoms with Gasteiger partial charge in [0.2, 0.25) is 0 Å². The van der Waals surface area contributed by atoms with Crippen LogP contribution >= 0.6 is 24.0 Å². The van der Waals surface area contributed by atoms with E-state index in [1.807, 2.05) is 0 Å². The lowest BCUT2D eigenvalue weighted by atomic mass is 10.1. The number of guanidine groups is 1. The maximum atomic E-state index is 4.87. The second kappa shape index (κ2) is 10.1. The van der Waals surface area contributed by atoms with Crippen molar-refractivity contribution in [3.8, 4) is 0 Å². The van der Waals surface area contributed by atoms with Gasteiger partial charge in [0.25, 0.3) is 0 Å². The fourth-order valence-corrected chi connectivity index (χ4v) is 3.87. The number of piperidine rings is 1. The van der Waals surface area contributed by atoms with E-state index in [1.165, 1.54) is 83.6 Å². The molecule has 0 bridgehead atoms. The summed E-state index contributed by atoms with van der Waals surface area (Å²) in [5, 5.41) is 3.51. The molecule has 1 N–H and O–H groups in total. The molecule has 0 aromatic carbocycles. The van der Waals surface area contributed by atoms with Crippen molar-refractivity contribution < 1.29 is 0 Å². The zero-order chi connectivity index (χ0) is 15.2. The predicted molar refractivity (Wildman–Crippen MR) is 109 cm³/mol. The normalized spacial score (nSPS) is 26.2. The SMILES string of the molecule is CCNC(=NCCC1CC1)N1CCC(CN2CCCCC2)C1.I. The maximum absolute atomic E-state index is 4.87. The Kier molecular flexibility index (Phi) is 8.44. The van der Waals surface area contributed by atoms with Crippen molar-refractivity contribution in [3.05, 3.63) is 0 Å². The quantitative estimate of drug-likeness (QED) is 0.396. The number of halogens is 1. The molecule has 2 heterocycles. The minimum absolute atomic E-state index is 0. The highest BCUT2D eigenvalue weighted by Gasteiger charge is 2.27. The Bertz CT molecular complexity index is 364. The summed E-state index contributed by atoms with van der Waals surface area (Å²) in [5.41, 5.74) is 0. The molecule has 0 spiro atoms. The molecule has 0 amide bonds. The van der Waals surface area contributed by atoms with Crippen LogP contribution in [-0.2, 0) is 0 Å². The number of nitrogens with zero attached hydrogens (tertiary/aromatic N) is 3. The highest BCUT2D eigenvalue weighted by molar-refractivity contribution is 14.0. The molecule has 23 heavy (non-hydrogen) atoms. The van der Waals surface area contributed by atoms with Crippen molar-refractivity contribution >= 4 is 29.9 Å². The Morgan fingerprint density at radius 3 is 2.52 bits per heavy atom. The third-order valence-corrected chi connectivity index (χ3v) is 5.38. The Morgan fingerprint density at radius 2 is 1.83 bits per heavy atom. The summed E-state index contributed by atoms with van der Waals surface area (Å²) in [6, 6.07) is 0. The number of aliphatic imine (C=N–C) groups is 1. The van der Waals surface area contributed by atoms with Gasteiger partial charge in [-0.2, -0.15) is 0 Å². The van der Waals surface area contributed by atoms with Crippen molar-refractivity contribution in [2.45, 2.75) is 51.9 Å². The topological polar surface area (TPSA) is 30.9 Å². The molecule has 1 saturated carbocycles. The van der Waals surface area contributed by atoms with E-state index in [2.05, 4.69) is 22.0 Å². The lowest BCUT2D eigenvalue weighted by Gasteiger charge is -2.29. The first kappa shape index (κ1) is 19.3. The smallest absolute Gasteiger partial charge is 0.193 e. The van der Waals surface area contributed by atoms with Crippen LogP contribution in [-0.4, -0.2) is 61.6 Å². The zero-order valence-electron chi connectivity index (χ0n) is 14.8. The molecule has 5 heteroatoms. The van der Waals surface area contributed by atoms with Gasteiger partial charge in [-0.1, -0.05) is 19.3 Å². The van der Waals surface area contributed by atoms with E-state index in [4.69, 9.17) is 4.99 Å². The predicted octanol–water partition coefficient (Wildman–Crippen LogP) is 3.18. The number of hydrogen-bond acceptors (Lipinski definition) is 2. The van der Waals surface area contributed by atoms with Gasteiger partial charge in [-0.25, -0.2) is 0 Å². The molecule has 134 valence electrons. The molecule has 0 aromatic rings. The van der Waals surface area contributed by atoms with Gasteiger partial charge in [-0.15, -0.1) is 24.0 Å². The Balaban J connectivity index is 0.00000192. The van der Waals surface area contributed by atoms with Crippen molar-refractivity contribution in [1.82, 2.24) is 15.1 Å². The van der Waals surface area contributed by atoms with Crippen LogP contribution in [0, 0.1) is 11.8 Å². The summed E-state index contributed by atoms with van der Waals surface area (Å²) in [6.45, 7) is 10.5. The van der Waals surface area contributed by atoms with Crippen LogP contribution < -0.4 is 5.32 Å². The first-order valence-corrected chi connectivity index (χ1v) is 9.60. The van der Waals surface area contributed by atoms with Crippen molar-refractivity contribution in [1.29, 1.82) is 0 Å². The van der Waals surface area contributed by atoms with E-state index in [-0.39, 0.29) is 24.0 Å². The Morgan fingerprint density at radius 1 is 1.04 bits per heavy atom. The van der Waals surface area contributed by atoms with E-state index < -0.39 is 0 Å². The minimum atomic E-state index is 0. The molecule has 1 atom stereocenters. The average Bonchev–Trinajstić information content (AvgIpc) is 3.25. The summed E-state index contributed by atoms with van der Waals surface area (Å²) >= 11 is 0. The van der Waals surface area contributed by atoms with Gasteiger partial charge >= 0.3 is 0 Å². The first-order valence-electron chi connectivity index (χ1n) is 9.60. The van der Waals surface area contributed by atoms with Crippen LogP contribution in [0.25, 0.3) is 0 Å². The number of hydrogen-bond donors (Lipinski definition) is 1. The third-order valence-electron chi connectivity index (χ3n) is 5.38. The fourth-order valence-electron chi connectivity index (χ4n) is 3.87. The van der Waals surface area contributed by atoms with Gasteiger partial charge in [0.1, 0.15) is 0 Å². The van der Waals surface area contributed by atoms with E-state index in [9.17, 15) is 0 Å². The summed E-state index contributed by atoms with van der Waals surface area (Å²) in [5.74, 6) is 2.99. The van der Waals surface area contributed by atoms with Gasteiger partial charge in [-0.3, -0.25) is 4.99 Å². The standard InChI is InChI=1S/C18H34N4.HI/c1-2-19-18(20-10-8-16-6-7-16)22-13-9-17(15-22)14-21-11-4-3-5-12-21;/h16-17H,2-15H2,1H3,(H,19,20);1H. The van der Waals surface area contributed by atoms with E-state index >= 15 is 0 Å². The van der Waals surface area contributed by atoms with E-state index in [0.717, 1.165) is 24.9 Å². The van der Waals surface area contributed by atoms with Crippen LogP contribution in [0.2, 0.25) is 0 Å². The molecule has 2 saturated heterocycles. The average molecular weight is 434 g/mol. The van der Waals surface area contributed by atoms with Crippen LogP contribution in [0.1, 0.15) is 51.9 Å². The van der Waals surface area contributed by atoms with Crippen LogP contribution in [0.3, 0.4) is 0 Å². The molecule has 0 aromatic heterocycles. The van der Waals surface area contributed by atoms with E-state index in [0.29, 0.717) is 0 Å². The summed E-state index contributed by atoms with van der Waals surface area (Å²) in [4.78, 5) is 10.1. The summed E-state index contributed by atoms with van der Waals surface area (Å²) in [7, 11) is 0. The van der Waals surface area contributed by atoms with Crippen molar-refractivity contribution in [2.24, 2.45) is 16.8 Å². The molecule has 0 radical (unpaired) electrons. The van der Waals surface area contributed by atoms with Crippen LogP contribution in [0.15, 0.2) is 4.99 Å². The molecule has 2 aliphatic heterocycles.